The highest BCUT2D eigenvalue weighted by molar-refractivity contribution is 6.29. The van der Waals surface area contributed by atoms with E-state index < -0.39 is 0 Å². The van der Waals surface area contributed by atoms with Gasteiger partial charge < -0.3 is 15.0 Å². The van der Waals surface area contributed by atoms with E-state index in [9.17, 15) is 4.79 Å². The first kappa shape index (κ1) is 16.0. The standard InChI is InChI=1S/C14H21ClN4O2/c1-10(20)16-8-11-3-5-19(6-4-11)14-7-12(15)17-13(18-14)9-21-2/h7,11H,3-6,8-9H2,1-2H3,(H,16,20). The molecule has 2 rings (SSSR count). The molecule has 21 heavy (non-hydrogen) atoms. The maximum absolute atomic E-state index is 10.9. The molecule has 0 unspecified atom stereocenters. The van der Waals surface area contributed by atoms with Gasteiger partial charge in [-0.3, -0.25) is 4.79 Å². The first-order chi connectivity index (χ1) is 10.1. The van der Waals surface area contributed by atoms with Crippen LogP contribution in [-0.2, 0) is 16.1 Å². The number of rotatable bonds is 5. The van der Waals surface area contributed by atoms with Gasteiger partial charge in [-0.2, -0.15) is 0 Å². The number of halogens is 1. The minimum absolute atomic E-state index is 0.0317. The van der Waals surface area contributed by atoms with E-state index in [-0.39, 0.29) is 5.91 Å². The Morgan fingerprint density at radius 3 is 2.81 bits per heavy atom. The van der Waals surface area contributed by atoms with E-state index in [2.05, 4.69) is 20.2 Å². The van der Waals surface area contributed by atoms with Crippen LogP contribution in [0, 0.1) is 5.92 Å². The Balaban J connectivity index is 1.94. The number of amides is 1. The summed E-state index contributed by atoms with van der Waals surface area (Å²) in [6.45, 7) is 4.47. The van der Waals surface area contributed by atoms with Gasteiger partial charge in [-0.25, -0.2) is 9.97 Å². The van der Waals surface area contributed by atoms with Crippen LogP contribution in [0.15, 0.2) is 6.07 Å². The van der Waals surface area contributed by atoms with E-state index in [4.69, 9.17) is 16.3 Å². The van der Waals surface area contributed by atoms with Crippen molar-refractivity contribution < 1.29 is 9.53 Å². The van der Waals surface area contributed by atoms with Crippen LogP contribution in [0.3, 0.4) is 0 Å². The summed E-state index contributed by atoms with van der Waals surface area (Å²) in [5, 5.41) is 3.32. The topological polar surface area (TPSA) is 67.3 Å². The van der Waals surface area contributed by atoms with Crippen molar-refractivity contribution in [3.05, 3.63) is 17.0 Å². The van der Waals surface area contributed by atoms with Gasteiger partial charge in [0.05, 0.1) is 0 Å². The summed E-state index contributed by atoms with van der Waals surface area (Å²) in [6, 6.07) is 1.79. The molecular formula is C14H21ClN4O2. The largest absolute Gasteiger partial charge is 0.377 e. The average molecular weight is 313 g/mol. The number of carbonyl (C=O) groups excluding carboxylic acids is 1. The number of hydrogen-bond acceptors (Lipinski definition) is 5. The molecule has 1 amide bonds. The fourth-order valence-electron chi connectivity index (χ4n) is 2.46. The van der Waals surface area contributed by atoms with E-state index in [1.165, 1.54) is 0 Å². The number of aromatic nitrogens is 2. The lowest BCUT2D eigenvalue weighted by Crippen LogP contribution is -2.38. The lowest BCUT2D eigenvalue weighted by Gasteiger charge is -2.33. The quantitative estimate of drug-likeness (QED) is 0.837. The van der Waals surface area contributed by atoms with E-state index in [0.29, 0.717) is 23.5 Å². The molecule has 0 saturated carbocycles. The minimum atomic E-state index is 0.0317. The molecule has 1 aromatic rings. The Morgan fingerprint density at radius 1 is 1.48 bits per heavy atom. The second-order valence-corrected chi connectivity index (χ2v) is 5.65. The third-order valence-electron chi connectivity index (χ3n) is 3.58. The predicted molar refractivity (Wildman–Crippen MR) is 81.4 cm³/mol. The van der Waals surface area contributed by atoms with Crippen molar-refractivity contribution in [2.75, 3.05) is 31.6 Å². The second-order valence-electron chi connectivity index (χ2n) is 5.27. The lowest BCUT2D eigenvalue weighted by atomic mass is 9.97. The second kappa shape index (κ2) is 7.56. The highest BCUT2D eigenvalue weighted by Gasteiger charge is 2.21. The molecule has 6 nitrogen and oxygen atoms in total. The molecule has 0 bridgehead atoms. The lowest BCUT2D eigenvalue weighted by molar-refractivity contribution is -0.119. The Hall–Kier alpha value is -1.40. The Labute approximate surface area is 129 Å². The smallest absolute Gasteiger partial charge is 0.216 e. The molecule has 1 saturated heterocycles. The predicted octanol–water partition coefficient (Wildman–Crippen LogP) is 1.63. The number of nitrogens with one attached hydrogen (secondary N) is 1. The van der Waals surface area contributed by atoms with Gasteiger partial charge >= 0.3 is 0 Å². The number of hydrogen-bond donors (Lipinski definition) is 1. The van der Waals surface area contributed by atoms with E-state index >= 15 is 0 Å². The van der Waals surface area contributed by atoms with Gasteiger partial charge in [0.2, 0.25) is 5.91 Å². The van der Waals surface area contributed by atoms with Gasteiger partial charge in [0.15, 0.2) is 5.82 Å². The van der Waals surface area contributed by atoms with Gasteiger partial charge in [-0.15, -0.1) is 0 Å². The van der Waals surface area contributed by atoms with Gasteiger partial charge in [-0.1, -0.05) is 11.6 Å². The summed E-state index contributed by atoms with van der Waals surface area (Å²) in [5.74, 6) is 2.01. The molecule has 0 atom stereocenters. The van der Waals surface area contributed by atoms with E-state index in [1.54, 1.807) is 20.1 Å². The van der Waals surface area contributed by atoms with Crippen molar-refractivity contribution in [1.82, 2.24) is 15.3 Å². The van der Waals surface area contributed by atoms with Crippen LogP contribution in [0.2, 0.25) is 5.15 Å². The fourth-order valence-corrected chi connectivity index (χ4v) is 2.66. The van der Waals surface area contributed by atoms with Crippen LogP contribution < -0.4 is 10.2 Å². The summed E-state index contributed by atoms with van der Waals surface area (Å²) in [4.78, 5) is 21.8. The molecule has 1 N–H and O–H groups in total. The average Bonchev–Trinajstić information content (AvgIpc) is 2.45. The molecule has 1 aliphatic heterocycles. The summed E-state index contributed by atoms with van der Waals surface area (Å²) in [7, 11) is 1.61. The van der Waals surface area contributed by atoms with Crippen LogP contribution in [0.1, 0.15) is 25.6 Å². The van der Waals surface area contributed by atoms with Crippen LogP contribution in [0.5, 0.6) is 0 Å². The monoisotopic (exact) mass is 312 g/mol. The zero-order valence-electron chi connectivity index (χ0n) is 12.4. The van der Waals surface area contributed by atoms with Crippen LogP contribution in [-0.4, -0.2) is 42.6 Å². The van der Waals surface area contributed by atoms with Crippen molar-refractivity contribution in [3.63, 3.8) is 0 Å². The van der Waals surface area contributed by atoms with E-state index in [1.807, 2.05) is 0 Å². The van der Waals surface area contributed by atoms with E-state index in [0.717, 1.165) is 38.3 Å². The molecule has 0 aliphatic carbocycles. The van der Waals surface area contributed by atoms with Gasteiger partial charge in [0.25, 0.3) is 0 Å². The molecule has 116 valence electrons. The molecule has 7 heteroatoms. The summed E-state index contributed by atoms with van der Waals surface area (Å²) < 4.78 is 5.05. The van der Waals surface area contributed by atoms with Crippen LogP contribution in [0.25, 0.3) is 0 Å². The Morgan fingerprint density at radius 2 is 2.19 bits per heavy atom. The number of ether oxygens (including phenoxy) is 1. The summed E-state index contributed by atoms with van der Waals surface area (Å²) in [5.41, 5.74) is 0. The molecule has 1 aliphatic rings. The first-order valence-corrected chi connectivity index (χ1v) is 7.48. The maximum atomic E-state index is 10.9. The summed E-state index contributed by atoms with van der Waals surface area (Å²) >= 11 is 6.04. The highest BCUT2D eigenvalue weighted by atomic mass is 35.5. The van der Waals surface area contributed by atoms with Crippen molar-refractivity contribution in [2.24, 2.45) is 5.92 Å². The third kappa shape index (κ3) is 4.82. The maximum Gasteiger partial charge on any atom is 0.216 e. The van der Waals surface area contributed by atoms with Crippen LogP contribution in [0.4, 0.5) is 5.82 Å². The van der Waals surface area contributed by atoms with Gasteiger partial charge in [0.1, 0.15) is 17.6 Å². The molecule has 2 heterocycles. The zero-order chi connectivity index (χ0) is 15.2. The minimum Gasteiger partial charge on any atom is -0.377 e. The highest BCUT2D eigenvalue weighted by Crippen LogP contribution is 2.23. The normalized spacial score (nSPS) is 16.0. The first-order valence-electron chi connectivity index (χ1n) is 7.10. The number of nitrogens with zero attached hydrogens (tertiary/aromatic N) is 3. The number of carbonyl (C=O) groups is 1. The number of methoxy groups -OCH3 is 1. The van der Waals surface area contributed by atoms with Gasteiger partial charge in [-0.05, 0) is 18.8 Å². The molecule has 1 aromatic heterocycles. The fraction of sp³-hybridized carbons (Fsp3) is 0.643. The van der Waals surface area contributed by atoms with Crippen molar-refractivity contribution in [1.29, 1.82) is 0 Å². The van der Waals surface area contributed by atoms with Crippen LogP contribution >= 0.6 is 11.6 Å². The molecule has 0 aromatic carbocycles. The zero-order valence-corrected chi connectivity index (χ0v) is 13.2. The van der Waals surface area contributed by atoms with Crippen molar-refractivity contribution >= 4 is 23.3 Å². The third-order valence-corrected chi connectivity index (χ3v) is 3.77. The molecule has 0 radical (unpaired) electrons. The summed E-state index contributed by atoms with van der Waals surface area (Å²) in [6.07, 6.45) is 2.06. The SMILES string of the molecule is COCc1nc(Cl)cc(N2CCC(CNC(C)=O)CC2)n1. The number of piperidine rings is 1. The number of anilines is 1. The van der Waals surface area contributed by atoms with Gasteiger partial charge in [0, 0.05) is 39.7 Å². The molecule has 1 fully saturated rings. The Kier molecular flexibility index (Phi) is 5.76. The van der Waals surface area contributed by atoms with Crippen molar-refractivity contribution in [3.8, 4) is 0 Å². The molecule has 0 spiro atoms. The van der Waals surface area contributed by atoms with Crippen molar-refractivity contribution in [2.45, 2.75) is 26.4 Å². The molecular weight excluding hydrogens is 292 g/mol. The Bertz CT molecular complexity index is 490.